The van der Waals surface area contributed by atoms with Crippen molar-refractivity contribution in [2.75, 3.05) is 26.4 Å². The first-order chi connectivity index (χ1) is 18.2. The van der Waals surface area contributed by atoms with Crippen LogP contribution in [0.15, 0.2) is 67.0 Å². The van der Waals surface area contributed by atoms with Crippen molar-refractivity contribution in [3.05, 3.63) is 80.5 Å². The largest absolute Gasteiger partial charge is 0.482 e. The van der Waals surface area contributed by atoms with Gasteiger partial charge in [0.25, 0.3) is 0 Å². The summed E-state index contributed by atoms with van der Waals surface area (Å²) >= 11 is 0. The van der Waals surface area contributed by atoms with Crippen LogP contribution < -0.4 is 20.7 Å². The van der Waals surface area contributed by atoms with E-state index in [-0.39, 0.29) is 0 Å². The average molecular weight is 522 g/mol. The van der Waals surface area contributed by atoms with E-state index < -0.39 is 55.4 Å². The molecule has 2 heterocycles. The van der Waals surface area contributed by atoms with Crippen molar-refractivity contribution in [2.45, 2.75) is 13.8 Å². The second-order valence-corrected chi connectivity index (χ2v) is 8.25. The monoisotopic (exact) mass is 522 g/mol. The molecule has 0 aliphatic heterocycles. The lowest BCUT2D eigenvalue weighted by molar-refractivity contribution is -0.154. The molecule has 11 nitrogen and oxygen atoms in total. The predicted octanol–water partition coefficient (Wildman–Crippen LogP) is 2.63. The number of esters is 2. The molecule has 0 radical (unpaired) electrons. The van der Waals surface area contributed by atoms with E-state index in [9.17, 15) is 24.0 Å². The third-order valence-corrected chi connectivity index (χ3v) is 5.34. The van der Waals surface area contributed by atoms with Gasteiger partial charge in [0.05, 0.1) is 0 Å². The molecule has 2 aromatic carbocycles. The average Bonchev–Trinajstić information content (AvgIpc) is 2.88. The first-order valence-electron chi connectivity index (χ1n) is 11.4. The number of hydrogen-bond donors (Lipinski definition) is 0. The third kappa shape index (κ3) is 6.64. The number of ether oxygens (including phenoxy) is 4. The second kappa shape index (κ2) is 11.4. The van der Waals surface area contributed by atoms with E-state index in [1.54, 1.807) is 38.1 Å². The minimum Gasteiger partial charge on any atom is -0.482 e. The number of rotatable bonds is 10. The molecule has 0 atom stereocenters. The summed E-state index contributed by atoms with van der Waals surface area (Å²) in [5, 5.41) is 1.31. The highest BCUT2D eigenvalue weighted by Gasteiger charge is 2.13. The van der Waals surface area contributed by atoms with Crippen LogP contribution in [-0.2, 0) is 23.9 Å². The quantitative estimate of drug-likeness (QED) is 0.223. The van der Waals surface area contributed by atoms with Crippen molar-refractivity contribution >= 4 is 39.7 Å². The minimum absolute atomic E-state index is 0.345. The van der Waals surface area contributed by atoms with E-state index in [0.29, 0.717) is 44.6 Å². The molecule has 0 spiro atoms. The number of benzene rings is 2. The summed E-state index contributed by atoms with van der Waals surface area (Å²) in [5.41, 5.74) is 1.23. The summed E-state index contributed by atoms with van der Waals surface area (Å²) in [7, 11) is 0. The van der Waals surface area contributed by atoms with Crippen molar-refractivity contribution in [1.29, 1.82) is 0 Å². The standard InChI is InChI=1S/C27H22O11/c1-15-7-24(29)37-22-5-3-18(9-20(15)22)33-13-26(31)35-11-17(28)12-36-27(32)14-34-19-4-6-23-21(10-19)16(2)8-25(30)38-23/h3-10H,11-14H2,1-2H3. The molecule has 0 saturated heterocycles. The highest BCUT2D eigenvalue weighted by atomic mass is 16.6. The first kappa shape index (κ1) is 26.1. The number of hydrogen-bond acceptors (Lipinski definition) is 11. The molecule has 4 rings (SSSR count). The van der Waals surface area contributed by atoms with Crippen LogP contribution in [0.3, 0.4) is 0 Å². The van der Waals surface area contributed by atoms with Gasteiger partial charge in [0.1, 0.15) is 22.7 Å². The van der Waals surface area contributed by atoms with Crippen molar-refractivity contribution < 1.29 is 42.2 Å². The van der Waals surface area contributed by atoms with Gasteiger partial charge >= 0.3 is 23.2 Å². The fourth-order valence-electron chi connectivity index (χ4n) is 3.51. The Labute approximate surface area is 214 Å². The predicted molar refractivity (Wildman–Crippen MR) is 132 cm³/mol. The molecular weight excluding hydrogens is 500 g/mol. The zero-order valence-electron chi connectivity index (χ0n) is 20.4. The van der Waals surface area contributed by atoms with Crippen molar-refractivity contribution in [2.24, 2.45) is 0 Å². The summed E-state index contributed by atoms with van der Waals surface area (Å²) in [6.45, 7) is 1.36. The van der Waals surface area contributed by atoms with Crippen LogP contribution in [0.1, 0.15) is 11.1 Å². The molecule has 196 valence electrons. The lowest BCUT2D eigenvalue weighted by Crippen LogP contribution is -2.24. The van der Waals surface area contributed by atoms with E-state index in [0.717, 1.165) is 0 Å². The Bertz CT molecular complexity index is 1520. The molecule has 38 heavy (non-hydrogen) atoms. The molecule has 0 fully saturated rings. The van der Waals surface area contributed by atoms with E-state index >= 15 is 0 Å². The lowest BCUT2D eigenvalue weighted by Gasteiger charge is -2.09. The Morgan fingerprint density at radius 3 is 1.47 bits per heavy atom. The molecule has 4 aromatic rings. The Morgan fingerprint density at radius 2 is 1.05 bits per heavy atom. The van der Waals surface area contributed by atoms with E-state index in [1.165, 1.54) is 24.3 Å². The maximum atomic E-state index is 11.9. The van der Waals surface area contributed by atoms with Gasteiger partial charge in [-0.1, -0.05) is 0 Å². The zero-order valence-corrected chi connectivity index (χ0v) is 20.4. The number of fused-ring (bicyclic) bond motifs is 2. The van der Waals surface area contributed by atoms with E-state index in [4.69, 9.17) is 27.8 Å². The third-order valence-electron chi connectivity index (χ3n) is 5.34. The molecule has 0 unspecified atom stereocenters. The SMILES string of the molecule is Cc1cc(=O)oc2ccc(OCC(=O)OCC(=O)COC(=O)COc3ccc4oc(=O)cc(C)c4c3)cc12. The van der Waals surface area contributed by atoms with Crippen molar-refractivity contribution in [3.8, 4) is 11.5 Å². The Hall–Kier alpha value is -4.93. The smallest absolute Gasteiger partial charge is 0.344 e. The van der Waals surface area contributed by atoms with E-state index in [2.05, 4.69) is 0 Å². The summed E-state index contributed by atoms with van der Waals surface area (Å²) in [6, 6.07) is 12.1. The normalized spacial score (nSPS) is 10.8. The van der Waals surface area contributed by atoms with Gasteiger partial charge in [-0.2, -0.15) is 0 Å². The van der Waals surface area contributed by atoms with Crippen molar-refractivity contribution in [3.63, 3.8) is 0 Å². The van der Waals surface area contributed by atoms with Crippen LogP contribution in [0.5, 0.6) is 11.5 Å². The van der Waals surface area contributed by atoms with Gasteiger partial charge < -0.3 is 27.8 Å². The summed E-state index contributed by atoms with van der Waals surface area (Å²) in [4.78, 5) is 58.6. The molecule has 0 aliphatic rings. The fraction of sp³-hybridized carbons (Fsp3) is 0.222. The van der Waals surface area contributed by atoms with Gasteiger partial charge in [-0.25, -0.2) is 19.2 Å². The molecular formula is C27H22O11. The number of ketones is 1. The number of carbonyl (C=O) groups is 3. The van der Waals surface area contributed by atoms with Crippen LogP contribution in [0, 0.1) is 13.8 Å². The number of Topliss-reactive ketones (excluding diaryl/α,β-unsaturated/α-hetero) is 1. The van der Waals surface area contributed by atoms with Gasteiger partial charge in [0, 0.05) is 22.9 Å². The van der Waals surface area contributed by atoms with Crippen LogP contribution >= 0.6 is 0 Å². The number of carbonyl (C=O) groups excluding carboxylic acids is 3. The zero-order chi connectivity index (χ0) is 27.2. The Kier molecular flexibility index (Phi) is 7.86. The van der Waals surface area contributed by atoms with Gasteiger partial charge in [-0.05, 0) is 61.4 Å². The minimum atomic E-state index is -0.799. The van der Waals surface area contributed by atoms with Gasteiger partial charge in [0.15, 0.2) is 26.4 Å². The van der Waals surface area contributed by atoms with Crippen molar-refractivity contribution in [1.82, 2.24) is 0 Å². The topological polar surface area (TPSA) is 149 Å². The molecule has 0 aliphatic carbocycles. The Morgan fingerprint density at radius 1 is 0.632 bits per heavy atom. The maximum Gasteiger partial charge on any atom is 0.344 e. The van der Waals surface area contributed by atoms with Gasteiger partial charge in [0.2, 0.25) is 5.78 Å². The number of aryl methyl sites for hydroxylation is 2. The van der Waals surface area contributed by atoms with Gasteiger partial charge in [-0.3, -0.25) is 4.79 Å². The lowest BCUT2D eigenvalue weighted by atomic mass is 10.1. The highest BCUT2D eigenvalue weighted by Crippen LogP contribution is 2.23. The Balaban J connectivity index is 1.17. The van der Waals surface area contributed by atoms with Crippen LogP contribution in [0.25, 0.3) is 21.9 Å². The van der Waals surface area contributed by atoms with Crippen LogP contribution in [0.2, 0.25) is 0 Å². The summed E-state index contributed by atoms with van der Waals surface area (Å²) in [5.74, 6) is -1.55. The fourth-order valence-corrected chi connectivity index (χ4v) is 3.51. The van der Waals surface area contributed by atoms with Crippen LogP contribution in [0.4, 0.5) is 0 Å². The highest BCUT2D eigenvalue weighted by molar-refractivity contribution is 5.86. The first-order valence-corrected chi connectivity index (χ1v) is 11.4. The molecule has 0 bridgehead atoms. The van der Waals surface area contributed by atoms with Gasteiger partial charge in [-0.15, -0.1) is 0 Å². The van der Waals surface area contributed by atoms with E-state index in [1.807, 2.05) is 0 Å². The molecule has 0 amide bonds. The molecule has 2 aromatic heterocycles. The summed E-state index contributed by atoms with van der Waals surface area (Å²) in [6.07, 6.45) is 0. The second-order valence-electron chi connectivity index (χ2n) is 8.25. The molecule has 0 N–H and O–H groups in total. The molecule has 11 heteroatoms. The molecule has 0 saturated carbocycles. The van der Waals surface area contributed by atoms with Crippen LogP contribution in [-0.4, -0.2) is 44.1 Å². The maximum absolute atomic E-state index is 11.9. The summed E-state index contributed by atoms with van der Waals surface area (Å²) < 4.78 is 30.6.